The first-order chi connectivity index (χ1) is 15.2. The summed E-state index contributed by atoms with van der Waals surface area (Å²) in [6, 6.07) is 6.51. The Kier molecular flexibility index (Phi) is 7.48. The standard InChI is InChI=1S/C22H34N8O/c1-17-27-28-21(29(17)2)15-25-22(24-14-20-7-5-13-31-20)26-18-8-11-30(12-9-18)16-19-6-3-4-10-23-19/h3-4,6,10,18,20H,5,7-9,11-16H2,1-2H3,(H2,24,25,26). The molecule has 4 heterocycles. The minimum atomic E-state index is 0.268. The second-order valence-corrected chi connectivity index (χ2v) is 8.42. The Labute approximate surface area is 184 Å². The van der Waals surface area contributed by atoms with E-state index in [0.29, 0.717) is 12.6 Å². The van der Waals surface area contributed by atoms with Gasteiger partial charge in [-0.15, -0.1) is 10.2 Å². The number of ether oxygens (including phenoxy) is 1. The molecule has 0 amide bonds. The largest absolute Gasteiger partial charge is 0.376 e. The van der Waals surface area contributed by atoms with E-state index in [4.69, 9.17) is 9.73 Å². The average molecular weight is 427 g/mol. The molecule has 2 aromatic heterocycles. The highest BCUT2D eigenvalue weighted by atomic mass is 16.5. The summed E-state index contributed by atoms with van der Waals surface area (Å²) in [6.07, 6.45) is 6.54. The lowest BCUT2D eigenvalue weighted by Crippen LogP contribution is -2.49. The Hall–Kier alpha value is -2.52. The minimum Gasteiger partial charge on any atom is -0.376 e. The van der Waals surface area contributed by atoms with E-state index < -0.39 is 0 Å². The van der Waals surface area contributed by atoms with Gasteiger partial charge in [0.1, 0.15) is 12.4 Å². The molecular weight excluding hydrogens is 392 g/mol. The van der Waals surface area contributed by atoms with Gasteiger partial charge >= 0.3 is 0 Å². The number of nitrogens with one attached hydrogen (secondary N) is 2. The van der Waals surface area contributed by atoms with Crippen LogP contribution in [0.3, 0.4) is 0 Å². The highest BCUT2D eigenvalue weighted by Gasteiger charge is 2.21. The first-order valence-electron chi connectivity index (χ1n) is 11.3. The zero-order chi connectivity index (χ0) is 21.5. The summed E-state index contributed by atoms with van der Waals surface area (Å²) in [5.74, 6) is 2.59. The lowest BCUT2D eigenvalue weighted by molar-refractivity contribution is 0.113. The molecule has 168 valence electrons. The quantitative estimate of drug-likeness (QED) is 0.511. The van der Waals surface area contributed by atoms with Crippen LogP contribution in [0, 0.1) is 6.92 Å². The number of piperidine rings is 1. The Morgan fingerprint density at radius 2 is 2.10 bits per heavy atom. The van der Waals surface area contributed by atoms with E-state index in [1.54, 1.807) is 0 Å². The zero-order valence-corrected chi connectivity index (χ0v) is 18.6. The van der Waals surface area contributed by atoms with Crippen LogP contribution >= 0.6 is 0 Å². The predicted octanol–water partition coefficient (Wildman–Crippen LogP) is 1.40. The molecular formula is C22H34N8O. The molecule has 1 unspecified atom stereocenters. The summed E-state index contributed by atoms with van der Waals surface area (Å²) in [4.78, 5) is 11.7. The lowest BCUT2D eigenvalue weighted by Gasteiger charge is -2.33. The van der Waals surface area contributed by atoms with E-state index in [2.05, 4.69) is 42.8 Å². The van der Waals surface area contributed by atoms with Crippen molar-refractivity contribution in [2.24, 2.45) is 12.0 Å². The van der Waals surface area contributed by atoms with Gasteiger partial charge in [-0.1, -0.05) is 6.07 Å². The maximum absolute atomic E-state index is 5.76. The number of hydrogen-bond acceptors (Lipinski definition) is 6. The van der Waals surface area contributed by atoms with Crippen LogP contribution < -0.4 is 10.6 Å². The number of aryl methyl sites for hydroxylation is 1. The molecule has 2 aliphatic rings. The van der Waals surface area contributed by atoms with Crippen LogP contribution in [0.15, 0.2) is 29.4 Å². The third-order valence-electron chi connectivity index (χ3n) is 6.12. The zero-order valence-electron chi connectivity index (χ0n) is 18.6. The van der Waals surface area contributed by atoms with Crippen LogP contribution in [0.5, 0.6) is 0 Å². The summed E-state index contributed by atoms with van der Waals surface area (Å²) in [5, 5.41) is 15.5. The summed E-state index contributed by atoms with van der Waals surface area (Å²) in [7, 11) is 1.98. The van der Waals surface area contributed by atoms with Crippen molar-refractivity contribution >= 4 is 5.96 Å². The number of nitrogens with zero attached hydrogens (tertiary/aromatic N) is 6. The van der Waals surface area contributed by atoms with Crippen molar-refractivity contribution in [1.82, 2.24) is 35.3 Å². The number of pyridine rings is 1. The van der Waals surface area contributed by atoms with Crippen molar-refractivity contribution in [3.8, 4) is 0 Å². The molecule has 1 atom stereocenters. The van der Waals surface area contributed by atoms with Crippen LogP contribution in [-0.4, -0.2) is 69.0 Å². The Morgan fingerprint density at radius 1 is 1.23 bits per heavy atom. The summed E-state index contributed by atoms with van der Waals surface area (Å²) in [5.41, 5.74) is 1.13. The molecule has 2 aliphatic heterocycles. The van der Waals surface area contributed by atoms with Crippen LogP contribution in [-0.2, 0) is 24.9 Å². The molecule has 2 fully saturated rings. The molecule has 2 N–H and O–H groups in total. The number of likely N-dealkylation sites (tertiary alicyclic amines) is 1. The van der Waals surface area contributed by atoms with Gasteiger partial charge in [0.15, 0.2) is 11.8 Å². The monoisotopic (exact) mass is 426 g/mol. The number of rotatable bonds is 7. The number of guanidine groups is 1. The summed E-state index contributed by atoms with van der Waals surface area (Å²) >= 11 is 0. The van der Waals surface area contributed by atoms with Gasteiger partial charge in [0, 0.05) is 52.1 Å². The number of aromatic nitrogens is 4. The van der Waals surface area contributed by atoms with E-state index in [9.17, 15) is 0 Å². The van der Waals surface area contributed by atoms with Gasteiger partial charge in [-0.2, -0.15) is 0 Å². The van der Waals surface area contributed by atoms with Gasteiger partial charge in [0.2, 0.25) is 0 Å². The van der Waals surface area contributed by atoms with E-state index in [-0.39, 0.29) is 6.10 Å². The normalized spacial score (nSPS) is 20.8. The van der Waals surface area contributed by atoms with Crippen molar-refractivity contribution in [3.05, 3.63) is 41.7 Å². The van der Waals surface area contributed by atoms with Crippen molar-refractivity contribution < 1.29 is 4.74 Å². The fourth-order valence-corrected chi connectivity index (χ4v) is 4.06. The molecule has 4 rings (SSSR count). The van der Waals surface area contributed by atoms with Crippen LogP contribution in [0.2, 0.25) is 0 Å². The Morgan fingerprint density at radius 3 is 2.77 bits per heavy atom. The van der Waals surface area contributed by atoms with Gasteiger partial charge in [-0.3, -0.25) is 9.88 Å². The number of aliphatic imine (C=N–C) groups is 1. The first-order valence-corrected chi connectivity index (χ1v) is 11.3. The smallest absolute Gasteiger partial charge is 0.192 e. The molecule has 0 aliphatic carbocycles. The third kappa shape index (κ3) is 6.24. The van der Waals surface area contributed by atoms with Crippen molar-refractivity contribution in [2.45, 2.75) is 57.8 Å². The molecule has 0 saturated carbocycles. The van der Waals surface area contributed by atoms with Gasteiger partial charge in [-0.25, -0.2) is 4.99 Å². The third-order valence-corrected chi connectivity index (χ3v) is 6.12. The molecule has 9 nitrogen and oxygen atoms in total. The van der Waals surface area contributed by atoms with Gasteiger partial charge < -0.3 is 19.9 Å². The highest BCUT2D eigenvalue weighted by Crippen LogP contribution is 2.14. The van der Waals surface area contributed by atoms with Gasteiger partial charge in [0.05, 0.1) is 11.8 Å². The molecule has 0 bridgehead atoms. The summed E-state index contributed by atoms with van der Waals surface area (Å²) in [6.45, 7) is 7.11. The van der Waals surface area contributed by atoms with Crippen LogP contribution in [0.25, 0.3) is 0 Å². The van der Waals surface area contributed by atoms with Crippen molar-refractivity contribution in [2.75, 3.05) is 26.2 Å². The van der Waals surface area contributed by atoms with Gasteiger partial charge in [0.25, 0.3) is 0 Å². The predicted molar refractivity (Wildman–Crippen MR) is 120 cm³/mol. The maximum Gasteiger partial charge on any atom is 0.192 e. The van der Waals surface area contributed by atoms with Gasteiger partial charge in [-0.05, 0) is 44.7 Å². The van der Waals surface area contributed by atoms with Crippen molar-refractivity contribution in [1.29, 1.82) is 0 Å². The highest BCUT2D eigenvalue weighted by molar-refractivity contribution is 5.80. The molecule has 31 heavy (non-hydrogen) atoms. The second kappa shape index (κ2) is 10.7. The molecule has 0 radical (unpaired) electrons. The van der Waals surface area contributed by atoms with E-state index in [1.807, 2.05) is 30.8 Å². The Bertz CT molecular complexity index is 838. The maximum atomic E-state index is 5.76. The van der Waals surface area contributed by atoms with Crippen LogP contribution in [0.4, 0.5) is 0 Å². The van der Waals surface area contributed by atoms with Crippen LogP contribution in [0.1, 0.15) is 43.0 Å². The topological polar surface area (TPSA) is 92.5 Å². The summed E-state index contributed by atoms with van der Waals surface area (Å²) < 4.78 is 7.75. The molecule has 0 spiro atoms. The Balaban J connectivity index is 1.31. The molecule has 0 aromatic carbocycles. The van der Waals surface area contributed by atoms with E-state index >= 15 is 0 Å². The molecule has 2 saturated heterocycles. The molecule has 2 aromatic rings. The number of hydrogen-bond donors (Lipinski definition) is 2. The first kappa shape index (κ1) is 21.7. The average Bonchev–Trinajstić information content (AvgIpc) is 3.43. The fraction of sp³-hybridized carbons (Fsp3) is 0.636. The fourth-order valence-electron chi connectivity index (χ4n) is 4.06. The lowest BCUT2D eigenvalue weighted by atomic mass is 10.0. The minimum absolute atomic E-state index is 0.268. The second-order valence-electron chi connectivity index (χ2n) is 8.42. The van der Waals surface area contributed by atoms with E-state index in [0.717, 1.165) is 81.8 Å². The van der Waals surface area contributed by atoms with Crippen molar-refractivity contribution in [3.63, 3.8) is 0 Å². The SMILES string of the molecule is Cc1nnc(CN=C(NCC2CCCO2)NC2CCN(Cc3ccccn3)CC2)n1C. The van der Waals surface area contributed by atoms with E-state index in [1.165, 1.54) is 0 Å². The molecule has 9 heteroatoms.